The van der Waals surface area contributed by atoms with Gasteiger partial charge in [0.25, 0.3) is 0 Å². The van der Waals surface area contributed by atoms with Gasteiger partial charge in [0, 0.05) is 25.1 Å². The Morgan fingerprint density at radius 3 is 2.32 bits per heavy atom. The Hall–Kier alpha value is -4.05. The van der Waals surface area contributed by atoms with Crippen molar-refractivity contribution in [1.82, 2.24) is 10.2 Å². The number of anilines is 1. The van der Waals surface area contributed by atoms with Crippen LogP contribution in [-0.2, 0) is 32.6 Å². The van der Waals surface area contributed by atoms with Crippen LogP contribution in [0.1, 0.15) is 55.7 Å². The van der Waals surface area contributed by atoms with Crippen LogP contribution in [0.4, 0.5) is 5.69 Å². The zero-order chi connectivity index (χ0) is 31.1. The van der Waals surface area contributed by atoms with Crippen molar-refractivity contribution in [1.29, 1.82) is 0 Å². The van der Waals surface area contributed by atoms with Crippen LogP contribution in [0.5, 0.6) is 11.5 Å². The van der Waals surface area contributed by atoms with Crippen molar-refractivity contribution in [2.75, 3.05) is 23.4 Å². The second-order valence-corrected chi connectivity index (χ2v) is 13.7. The number of ether oxygens (including phenoxy) is 2. The number of carbonyl (C=O) groups excluding carboxylic acids is 2. The Labute approximate surface area is 260 Å². The van der Waals surface area contributed by atoms with E-state index in [2.05, 4.69) is 5.32 Å². The quantitative estimate of drug-likeness (QED) is 0.307. The molecule has 2 aliphatic rings. The molecule has 1 saturated carbocycles. The number of carbonyl (C=O) groups is 2. The topological polar surface area (TPSA) is 105 Å². The molecular formula is C34H41N3O6S. The maximum atomic E-state index is 14.4. The zero-order valence-electron chi connectivity index (χ0n) is 25.4. The van der Waals surface area contributed by atoms with E-state index < -0.39 is 28.5 Å². The third-order valence-electron chi connectivity index (χ3n) is 8.32. The maximum Gasteiger partial charge on any atom is 0.244 e. The van der Waals surface area contributed by atoms with E-state index in [0.29, 0.717) is 23.6 Å². The first-order valence-corrected chi connectivity index (χ1v) is 16.9. The highest BCUT2D eigenvalue weighted by Gasteiger charge is 2.35. The van der Waals surface area contributed by atoms with E-state index in [1.165, 1.54) is 0 Å². The summed E-state index contributed by atoms with van der Waals surface area (Å²) in [5.74, 6) is 0.0189. The smallest absolute Gasteiger partial charge is 0.244 e. The predicted molar refractivity (Wildman–Crippen MR) is 170 cm³/mol. The molecule has 0 saturated heterocycles. The second-order valence-electron chi connectivity index (χ2n) is 11.5. The van der Waals surface area contributed by atoms with Gasteiger partial charge in [-0.3, -0.25) is 13.9 Å². The summed E-state index contributed by atoms with van der Waals surface area (Å²) in [5, 5.41) is 3.23. The molecule has 1 aliphatic carbocycles. The SMILES string of the molecule is CCS(=O)(=O)N(CC(=O)N(Cc1ccc(C)cc1)[C@H](Cc1ccccc1)C(=O)NC1CCCCC1)c1ccc2c(c1)OCO2. The van der Waals surface area contributed by atoms with Gasteiger partial charge in [0.05, 0.1) is 11.4 Å². The van der Waals surface area contributed by atoms with Gasteiger partial charge < -0.3 is 19.7 Å². The lowest BCUT2D eigenvalue weighted by molar-refractivity contribution is -0.140. The fourth-order valence-electron chi connectivity index (χ4n) is 5.75. The summed E-state index contributed by atoms with van der Waals surface area (Å²) in [5.41, 5.74) is 3.13. The molecule has 0 aromatic heterocycles. The maximum absolute atomic E-state index is 14.4. The number of rotatable bonds is 12. The van der Waals surface area contributed by atoms with Crippen LogP contribution < -0.4 is 19.1 Å². The summed E-state index contributed by atoms with van der Waals surface area (Å²) in [7, 11) is -3.88. The Morgan fingerprint density at radius 1 is 0.909 bits per heavy atom. The summed E-state index contributed by atoms with van der Waals surface area (Å²) in [6.07, 6.45) is 5.37. The van der Waals surface area contributed by atoms with Crippen molar-refractivity contribution >= 4 is 27.5 Å². The van der Waals surface area contributed by atoms with Crippen LogP contribution in [0.3, 0.4) is 0 Å². The van der Waals surface area contributed by atoms with E-state index in [-0.39, 0.29) is 31.0 Å². The molecule has 0 radical (unpaired) electrons. The van der Waals surface area contributed by atoms with Crippen molar-refractivity contribution in [2.24, 2.45) is 0 Å². The largest absolute Gasteiger partial charge is 0.454 e. The molecule has 1 aliphatic heterocycles. The molecule has 0 unspecified atom stereocenters. The first-order valence-electron chi connectivity index (χ1n) is 15.3. The average molecular weight is 620 g/mol. The Morgan fingerprint density at radius 2 is 1.61 bits per heavy atom. The lowest BCUT2D eigenvalue weighted by atomic mass is 9.94. The first-order chi connectivity index (χ1) is 21.2. The number of nitrogens with zero attached hydrogens (tertiary/aromatic N) is 2. The number of nitrogens with one attached hydrogen (secondary N) is 1. The molecule has 3 aromatic rings. The van der Waals surface area contributed by atoms with E-state index in [1.54, 1.807) is 30.0 Å². The molecule has 5 rings (SSSR count). The van der Waals surface area contributed by atoms with Gasteiger partial charge in [-0.15, -0.1) is 0 Å². The van der Waals surface area contributed by atoms with Crippen molar-refractivity contribution < 1.29 is 27.5 Å². The Bertz CT molecular complexity index is 1540. The number of aryl methyl sites for hydroxylation is 1. The van der Waals surface area contributed by atoms with Crippen LogP contribution in [0, 0.1) is 6.92 Å². The summed E-state index contributed by atoms with van der Waals surface area (Å²) in [6, 6.07) is 21.4. The molecule has 1 fully saturated rings. The first kappa shape index (κ1) is 31.4. The molecule has 0 bridgehead atoms. The molecule has 44 heavy (non-hydrogen) atoms. The van der Waals surface area contributed by atoms with E-state index in [9.17, 15) is 18.0 Å². The summed E-state index contributed by atoms with van der Waals surface area (Å²) < 4.78 is 38.8. The van der Waals surface area contributed by atoms with Crippen molar-refractivity contribution in [3.05, 3.63) is 89.5 Å². The molecule has 1 N–H and O–H groups in total. The highest BCUT2D eigenvalue weighted by atomic mass is 32.2. The molecule has 1 heterocycles. The predicted octanol–water partition coefficient (Wildman–Crippen LogP) is 4.97. The van der Waals surface area contributed by atoms with Gasteiger partial charge in [-0.05, 0) is 49.9 Å². The standard InChI is InChI=1S/C34H41N3O6S/c1-3-44(40,41)37(29-18-19-31-32(21-29)43-24-42-31)23-33(38)36(22-27-16-14-25(2)15-17-27)30(20-26-10-6-4-7-11-26)34(39)35-28-12-8-5-9-13-28/h4,6-7,10-11,14-19,21,28,30H,3,5,8-9,12-13,20,22-24H2,1-2H3,(H,35,39)/t30-/m1/s1. The van der Waals surface area contributed by atoms with Gasteiger partial charge in [0.2, 0.25) is 28.6 Å². The fraction of sp³-hybridized carbons (Fsp3) is 0.412. The highest BCUT2D eigenvalue weighted by molar-refractivity contribution is 7.92. The molecular weight excluding hydrogens is 578 g/mol. The van der Waals surface area contributed by atoms with Crippen molar-refractivity contribution in [2.45, 2.75) is 71.0 Å². The van der Waals surface area contributed by atoms with Crippen molar-refractivity contribution in [3.8, 4) is 11.5 Å². The number of benzene rings is 3. The number of amides is 2. The molecule has 1 atom stereocenters. The molecule has 3 aromatic carbocycles. The van der Waals surface area contributed by atoms with E-state index >= 15 is 0 Å². The number of hydrogen-bond donors (Lipinski definition) is 1. The Balaban J connectivity index is 1.51. The minimum absolute atomic E-state index is 0.0415. The third kappa shape index (κ3) is 7.72. The summed E-state index contributed by atoms with van der Waals surface area (Å²) >= 11 is 0. The van der Waals surface area contributed by atoms with Gasteiger partial charge >= 0.3 is 0 Å². The van der Waals surface area contributed by atoms with Crippen LogP contribution in [0.2, 0.25) is 0 Å². The number of sulfonamides is 1. The van der Waals surface area contributed by atoms with Crippen LogP contribution >= 0.6 is 0 Å². The van der Waals surface area contributed by atoms with E-state index in [1.807, 2.05) is 61.5 Å². The molecule has 10 heteroatoms. The zero-order valence-corrected chi connectivity index (χ0v) is 26.2. The average Bonchev–Trinajstić information content (AvgIpc) is 3.51. The number of fused-ring (bicyclic) bond motifs is 1. The van der Waals surface area contributed by atoms with E-state index in [0.717, 1.165) is 53.1 Å². The third-order valence-corrected chi connectivity index (χ3v) is 10.1. The lowest BCUT2D eigenvalue weighted by Gasteiger charge is -2.35. The minimum Gasteiger partial charge on any atom is -0.454 e. The molecule has 0 spiro atoms. The Kier molecular flexibility index (Phi) is 10.1. The lowest BCUT2D eigenvalue weighted by Crippen LogP contribution is -2.55. The second kappa shape index (κ2) is 14.2. The highest BCUT2D eigenvalue weighted by Crippen LogP contribution is 2.36. The molecule has 2 amide bonds. The number of hydrogen-bond acceptors (Lipinski definition) is 6. The summed E-state index contributed by atoms with van der Waals surface area (Å²) in [6.45, 7) is 3.25. The van der Waals surface area contributed by atoms with Gasteiger partial charge in [-0.25, -0.2) is 8.42 Å². The summed E-state index contributed by atoms with van der Waals surface area (Å²) in [4.78, 5) is 30.0. The fourth-order valence-corrected chi connectivity index (χ4v) is 6.80. The van der Waals surface area contributed by atoms with Gasteiger partial charge in [0.1, 0.15) is 12.6 Å². The van der Waals surface area contributed by atoms with Crippen LogP contribution in [-0.4, -0.2) is 56.3 Å². The van der Waals surface area contributed by atoms with E-state index in [4.69, 9.17) is 9.47 Å². The molecule has 234 valence electrons. The minimum atomic E-state index is -3.88. The normalized spacial score (nSPS) is 15.4. The van der Waals surface area contributed by atoms with Gasteiger partial charge in [-0.1, -0.05) is 79.4 Å². The van der Waals surface area contributed by atoms with Crippen molar-refractivity contribution in [3.63, 3.8) is 0 Å². The van der Waals surface area contributed by atoms with Gasteiger partial charge in [-0.2, -0.15) is 0 Å². The molecule has 9 nitrogen and oxygen atoms in total. The van der Waals surface area contributed by atoms with Gasteiger partial charge in [0.15, 0.2) is 11.5 Å². The van der Waals surface area contributed by atoms with Crippen LogP contribution in [0.25, 0.3) is 0 Å². The van der Waals surface area contributed by atoms with Crippen LogP contribution in [0.15, 0.2) is 72.8 Å². The monoisotopic (exact) mass is 619 g/mol.